The summed E-state index contributed by atoms with van der Waals surface area (Å²) in [5.74, 6) is 4.46. The van der Waals surface area contributed by atoms with E-state index in [0.717, 1.165) is 52.9 Å². The fourth-order valence-corrected chi connectivity index (χ4v) is 5.97. The van der Waals surface area contributed by atoms with E-state index >= 15 is 0 Å². The highest BCUT2D eigenvalue weighted by molar-refractivity contribution is 7.99. The minimum absolute atomic E-state index is 0.0180. The van der Waals surface area contributed by atoms with Crippen LogP contribution in [-0.2, 0) is 11.2 Å². The van der Waals surface area contributed by atoms with Gasteiger partial charge in [0, 0.05) is 36.5 Å². The van der Waals surface area contributed by atoms with Gasteiger partial charge in [-0.15, -0.1) is 0 Å². The average molecular weight is 407 g/mol. The van der Waals surface area contributed by atoms with E-state index in [9.17, 15) is 4.79 Å². The molecule has 2 aliphatic heterocycles. The number of aromatic nitrogens is 3. The Morgan fingerprint density at radius 3 is 2.86 bits per heavy atom. The molecular formula is C23H26N4OS. The molecule has 2 fully saturated rings. The molecule has 5 rings (SSSR count). The molecule has 1 N–H and O–H groups in total. The van der Waals surface area contributed by atoms with Crippen LogP contribution in [0.25, 0.3) is 22.4 Å². The van der Waals surface area contributed by atoms with Gasteiger partial charge in [0.2, 0.25) is 0 Å². The summed E-state index contributed by atoms with van der Waals surface area (Å²) >= 11 is 2.10. The van der Waals surface area contributed by atoms with Crippen LogP contribution in [0.5, 0.6) is 0 Å². The highest BCUT2D eigenvalue weighted by Gasteiger charge is 2.36. The number of aromatic amines is 1. The van der Waals surface area contributed by atoms with Crippen molar-refractivity contribution < 1.29 is 4.79 Å². The Labute approximate surface area is 175 Å². The molecule has 0 bridgehead atoms. The maximum atomic E-state index is 11.7. The third-order valence-corrected chi connectivity index (χ3v) is 7.75. The van der Waals surface area contributed by atoms with Crippen molar-refractivity contribution in [3.8, 4) is 11.3 Å². The fourth-order valence-electron chi connectivity index (χ4n) is 4.47. The number of benzene rings is 1. The van der Waals surface area contributed by atoms with E-state index in [2.05, 4.69) is 50.9 Å². The zero-order valence-electron chi connectivity index (χ0n) is 16.9. The number of fused-ring (bicyclic) bond motifs is 2. The van der Waals surface area contributed by atoms with E-state index < -0.39 is 0 Å². The van der Waals surface area contributed by atoms with Gasteiger partial charge >= 0.3 is 0 Å². The van der Waals surface area contributed by atoms with Crippen LogP contribution in [-0.4, -0.2) is 45.3 Å². The molecule has 0 aliphatic carbocycles. The predicted molar refractivity (Wildman–Crippen MR) is 119 cm³/mol. The third kappa shape index (κ3) is 3.54. The molecule has 2 saturated heterocycles. The van der Waals surface area contributed by atoms with Crippen LogP contribution in [0.15, 0.2) is 36.7 Å². The highest BCUT2D eigenvalue weighted by atomic mass is 32.2. The first-order valence-corrected chi connectivity index (χ1v) is 11.5. The lowest BCUT2D eigenvalue weighted by Gasteiger charge is -2.20. The van der Waals surface area contributed by atoms with Crippen molar-refractivity contribution in [1.82, 2.24) is 15.0 Å². The quantitative estimate of drug-likeness (QED) is 0.688. The number of nitrogens with one attached hydrogen (secondary N) is 1. The summed E-state index contributed by atoms with van der Waals surface area (Å²) in [6.07, 6.45) is 4.46. The van der Waals surface area contributed by atoms with Crippen molar-refractivity contribution in [3.05, 3.63) is 42.2 Å². The number of carbonyl (C=O) groups excluding carboxylic acids is 1. The Morgan fingerprint density at radius 2 is 2.10 bits per heavy atom. The molecule has 1 aromatic carbocycles. The molecule has 150 valence electrons. The molecule has 0 radical (unpaired) electrons. The molecule has 6 heteroatoms. The number of rotatable bonds is 5. The van der Waals surface area contributed by atoms with Gasteiger partial charge in [0.15, 0.2) is 5.65 Å². The lowest BCUT2D eigenvalue weighted by molar-refractivity contribution is -0.120. The molecule has 3 atom stereocenters. The van der Waals surface area contributed by atoms with Crippen LogP contribution in [0.3, 0.4) is 0 Å². The van der Waals surface area contributed by atoms with E-state index in [1.54, 1.807) is 6.92 Å². The Hall–Kier alpha value is -2.34. The summed E-state index contributed by atoms with van der Waals surface area (Å²) in [4.78, 5) is 26.9. The van der Waals surface area contributed by atoms with Crippen molar-refractivity contribution in [3.63, 3.8) is 0 Å². The topological polar surface area (TPSA) is 61.9 Å². The number of hydrogen-bond donors (Lipinski definition) is 1. The normalized spacial score (nSPS) is 22.2. The second kappa shape index (κ2) is 7.48. The highest BCUT2D eigenvalue weighted by Crippen LogP contribution is 2.38. The van der Waals surface area contributed by atoms with Crippen molar-refractivity contribution >= 4 is 34.4 Å². The van der Waals surface area contributed by atoms with Gasteiger partial charge in [0.25, 0.3) is 0 Å². The van der Waals surface area contributed by atoms with E-state index in [0.29, 0.717) is 6.42 Å². The Balaban J connectivity index is 1.44. The van der Waals surface area contributed by atoms with Gasteiger partial charge in [-0.2, -0.15) is 11.8 Å². The lowest BCUT2D eigenvalue weighted by atomic mass is 9.99. The molecule has 0 saturated carbocycles. The smallest absolute Gasteiger partial charge is 0.156 e. The number of H-pyrrole nitrogens is 1. The van der Waals surface area contributed by atoms with Crippen LogP contribution in [0.1, 0.15) is 19.4 Å². The molecule has 2 aliphatic rings. The summed E-state index contributed by atoms with van der Waals surface area (Å²) in [5.41, 5.74) is 5.95. The van der Waals surface area contributed by atoms with Gasteiger partial charge < -0.3 is 9.88 Å². The van der Waals surface area contributed by atoms with E-state index in [1.165, 1.54) is 17.2 Å². The maximum absolute atomic E-state index is 11.7. The number of Topliss-reactive ketones (excluding diaryl/α,β-unsaturated/α-hetero) is 1. The molecule has 3 aromatic rings. The van der Waals surface area contributed by atoms with Crippen LogP contribution in [0, 0.1) is 17.8 Å². The molecule has 29 heavy (non-hydrogen) atoms. The van der Waals surface area contributed by atoms with Crippen molar-refractivity contribution in [2.24, 2.45) is 17.8 Å². The second-order valence-electron chi connectivity index (χ2n) is 8.50. The SMILES string of the molecule is CC(=O)C(C)Cc1c[nH]c2ncc(-c3cccc(N4CC5CSCC5C4)c3)nc12. The summed E-state index contributed by atoms with van der Waals surface area (Å²) in [6.45, 7) is 5.94. The van der Waals surface area contributed by atoms with E-state index in [4.69, 9.17) is 4.98 Å². The molecule has 2 aromatic heterocycles. The molecule has 0 amide bonds. The molecule has 4 heterocycles. The molecule has 5 nitrogen and oxygen atoms in total. The third-order valence-electron chi connectivity index (χ3n) is 6.43. The minimum atomic E-state index is -0.0180. The number of hydrogen-bond acceptors (Lipinski definition) is 5. The Morgan fingerprint density at radius 1 is 1.31 bits per heavy atom. The molecule has 3 unspecified atom stereocenters. The maximum Gasteiger partial charge on any atom is 0.156 e. The first-order chi connectivity index (χ1) is 14.1. The van der Waals surface area contributed by atoms with Gasteiger partial charge in [-0.1, -0.05) is 19.1 Å². The number of ketones is 1. The largest absolute Gasteiger partial charge is 0.371 e. The minimum Gasteiger partial charge on any atom is -0.371 e. The fraction of sp³-hybridized carbons (Fsp3) is 0.435. The van der Waals surface area contributed by atoms with E-state index in [-0.39, 0.29) is 11.7 Å². The van der Waals surface area contributed by atoms with Crippen LogP contribution < -0.4 is 4.90 Å². The summed E-state index contributed by atoms with van der Waals surface area (Å²) in [7, 11) is 0. The number of thioether (sulfide) groups is 1. The van der Waals surface area contributed by atoms with Gasteiger partial charge in [-0.25, -0.2) is 9.97 Å². The van der Waals surface area contributed by atoms with Crippen molar-refractivity contribution in [2.75, 3.05) is 29.5 Å². The van der Waals surface area contributed by atoms with Gasteiger partial charge in [-0.05, 0) is 54.4 Å². The van der Waals surface area contributed by atoms with Gasteiger partial charge in [0.1, 0.15) is 11.3 Å². The van der Waals surface area contributed by atoms with Gasteiger partial charge in [0.05, 0.1) is 11.9 Å². The first-order valence-electron chi connectivity index (χ1n) is 10.3. The van der Waals surface area contributed by atoms with Gasteiger partial charge in [-0.3, -0.25) is 4.79 Å². The molecular weight excluding hydrogens is 380 g/mol. The summed E-state index contributed by atoms with van der Waals surface area (Å²) < 4.78 is 0. The van der Waals surface area contributed by atoms with E-state index in [1.807, 2.05) is 19.3 Å². The standard InChI is InChI=1S/C23H26N4OS/c1-14(15(2)28)6-17-8-24-23-22(17)26-21(9-25-23)16-4-3-5-20(7-16)27-10-18-12-29-13-19(18)11-27/h3-5,7-9,14,18-19H,6,10-13H2,1-2H3,(H,24,25). The van der Waals surface area contributed by atoms with Crippen LogP contribution in [0.4, 0.5) is 5.69 Å². The number of anilines is 1. The monoisotopic (exact) mass is 406 g/mol. The lowest BCUT2D eigenvalue weighted by Crippen LogP contribution is -2.21. The molecule has 0 spiro atoms. The zero-order valence-corrected chi connectivity index (χ0v) is 17.7. The van der Waals surface area contributed by atoms with Crippen LogP contribution >= 0.6 is 11.8 Å². The summed E-state index contributed by atoms with van der Waals surface area (Å²) in [5, 5.41) is 0. The number of carbonyl (C=O) groups is 1. The van der Waals surface area contributed by atoms with Crippen LogP contribution in [0.2, 0.25) is 0 Å². The van der Waals surface area contributed by atoms with Crippen molar-refractivity contribution in [1.29, 1.82) is 0 Å². The zero-order chi connectivity index (χ0) is 20.0. The number of nitrogens with zero attached hydrogens (tertiary/aromatic N) is 3. The second-order valence-corrected chi connectivity index (χ2v) is 9.57. The predicted octanol–water partition coefficient (Wildman–Crippen LogP) is 4.19. The Bertz CT molecular complexity index is 1050. The Kier molecular flexibility index (Phi) is 4.82. The summed E-state index contributed by atoms with van der Waals surface area (Å²) in [6, 6.07) is 8.68. The average Bonchev–Trinajstić information content (AvgIpc) is 3.43. The first kappa shape index (κ1) is 18.7. The van der Waals surface area contributed by atoms with Crippen molar-refractivity contribution in [2.45, 2.75) is 20.3 Å².